The molecule has 0 bridgehead atoms. The van der Waals surface area contributed by atoms with Gasteiger partial charge in [-0.05, 0) is 18.9 Å². The predicted molar refractivity (Wildman–Crippen MR) is 73.2 cm³/mol. The molecule has 1 saturated carbocycles. The molecule has 0 radical (unpaired) electrons. The molecule has 0 unspecified atom stereocenters. The van der Waals surface area contributed by atoms with E-state index in [4.69, 9.17) is 0 Å². The summed E-state index contributed by atoms with van der Waals surface area (Å²) in [6, 6.07) is 8.14. The molecule has 0 aromatic heterocycles. The van der Waals surface area contributed by atoms with E-state index < -0.39 is 0 Å². The number of hydrogen-bond donors (Lipinski definition) is 0. The summed E-state index contributed by atoms with van der Waals surface area (Å²) in [4.78, 5) is 18.3. The van der Waals surface area contributed by atoms with Crippen LogP contribution in [0.2, 0.25) is 0 Å². The minimum Gasteiger partial charge on any atom is -0.313 e. The van der Waals surface area contributed by atoms with Crippen molar-refractivity contribution >= 4 is 17.3 Å². The van der Waals surface area contributed by atoms with E-state index in [0.717, 1.165) is 17.0 Å². The van der Waals surface area contributed by atoms with E-state index in [1.165, 1.54) is 25.7 Å². The van der Waals surface area contributed by atoms with Crippen LogP contribution in [0.4, 0.5) is 5.69 Å². The number of carbonyl (C=O) groups is 1. The molecule has 1 aromatic carbocycles. The molecule has 1 heterocycles. The highest BCUT2D eigenvalue weighted by atomic mass is 16.2. The third-order valence-electron chi connectivity index (χ3n) is 4.04. The van der Waals surface area contributed by atoms with Crippen molar-refractivity contribution in [1.29, 1.82) is 0 Å². The standard InChI is InChI=1S/C15H18N2O/c1-17-13-9-5-4-8-12(13)15(16-10-14(17)18)11-6-2-3-7-11/h4-5,8-9,11H,2-3,6-7,10H2,1H3. The fraction of sp³-hybridized carbons (Fsp3) is 0.467. The summed E-state index contributed by atoms with van der Waals surface area (Å²) in [7, 11) is 1.84. The van der Waals surface area contributed by atoms with E-state index in [1.807, 2.05) is 25.2 Å². The van der Waals surface area contributed by atoms with Crippen LogP contribution < -0.4 is 4.90 Å². The van der Waals surface area contributed by atoms with Crippen LogP contribution in [0.15, 0.2) is 29.3 Å². The highest BCUT2D eigenvalue weighted by Gasteiger charge is 2.27. The number of likely N-dealkylation sites (N-methyl/N-ethyl adjacent to an activating group) is 1. The first-order chi connectivity index (χ1) is 8.77. The summed E-state index contributed by atoms with van der Waals surface area (Å²) >= 11 is 0. The number of amides is 1. The Morgan fingerprint density at radius 2 is 1.94 bits per heavy atom. The number of rotatable bonds is 1. The van der Waals surface area contributed by atoms with Gasteiger partial charge in [-0.3, -0.25) is 9.79 Å². The number of fused-ring (bicyclic) bond motifs is 1. The van der Waals surface area contributed by atoms with Gasteiger partial charge < -0.3 is 4.90 Å². The second-order valence-electron chi connectivity index (χ2n) is 5.15. The Morgan fingerprint density at radius 1 is 1.22 bits per heavy atom. The molecule has 1 aromatic rings. The first-order valence-corrected chi connectivity index (χ1v) is 6.67. The molecule has 1 aliphatic heterocycles. The van der Waals surface area contributed by atoms with Crippen molar-refractivity contribution in [2.75, 3.05) is 18.5 Å². The summed E-state index contributed by atoms with van der Waals surface area (Å²) < 4.78 is 0. The van der Waals surface area contributed by atoms with Crippen molar-refractivity contribution in [2.24, 2.45) is 10.9 Å². The Balaban J connectivity index is 2.08. The van der Waals surface area contributed by atoms with Crippen LogP contribution in [-0.4, -0.2) is 25.2 Å². The maximum absolute atomic E-state index is 12.0. The molecule has 3 rings (SSSR count). The van der Waals surface area contributed by atoms with Crippen molar-refractivity contribution in [3.8, 4) is 0 Å². The van der Waals surface area contributed by atoms with Crippen LogP contribution in [0.25, 0.3) is 0 Å². The summed E-state index contributed by atoms with van der Waals surface area (Å²) in [5.41, 5.74) is 3.31. The quantitative estimate of drug-likeness (QED) is 0.745. The number of anilines is 1. The third kappa shape index (κ3) is 1.84. The summed E-state index contributed by atoms with van der Waals surface area (Å²) in [5, 5.41) is 0. The first-order valence-electron chi connectivity index (χ1n) is 6.67. The summed E-state index contributed by atoms with van der Waals surface area (Å²) in [6.07, 6.45) is 5.00. The molecule has 1 fully saturated rings. The van der Waals surface area contributed by atoms with Crippen molar-refractivity contribution in [2.45, 2.75) is 25.7 Å². The van der Waals surface area contributed by atoms with E-state index in [-0.39, 0.29) is 12.5 Å². The van der Waals surface area contributed by atoms with Crippen LogP contribution in [0.3, 0.4) is 0 Å². The Morgan fingerprint density at radius 3 is 2.72 bits per heavy atom. The minimum atomic E-state index is 0.0791. The number of aliphatic imine (C=N–C) groups is 1. The number of hydrogen-bond acceptors (Lipinski definition) is 2. The number of nitrogens with zero attached hydrogens (tertiary/aromatic N) is 2. The second kappa shape index (κ2) is 4.56. The van der Waals surface area contributed by atoms with Crippen LogP contribution in [-0.2, 0) is 4.79 Å². The lowest BCUT2D eigenvalue weighted by Gasteiger charge is -2.19. The van der Waals surface area contributed by atoms with Crippen LogP contribution >= 0.6 is 0 Å². The molecule has 2 aliphatic rings. The molecule has 3 heteroatoms. The highest BCUT2D eigenvalue weighted by molar-refractivity contribution is 6.12. The van der Waals surface area contributed by atoms with Gasteiger partial charge in [0.1, 0.15) is 6.54 Å². The summed E-state index contributed by atoms with van der Waals surface area (Å²) in [5.74, 6) is 0.626. The average Bonchev–Trinajstić information content (AvgIpc) is 2.88. The maximum atomic E-state index is 12.0. The third-order valence-corrected chi connectivity index (χ3v) is 4.04. The smallest absolute Gasteiger partial charge is 0.248 e. The van der Waals surface area contributed by atoms with Gasteiger partial charge >= 0.3 is 0 Å². The van der Waals surface area contributed by atoms with Gasteiger partial charge in [0.05, 0.1) is 5.69 Å². The molecular weight excluding hydrogens is 224 g/mol. The highest BCUT2D eigenvalue weighted by Crippen LogP contribution is 2.33. The zero-order valence-corrected chi connectivity index (χ0v) is 10.7. The van der Waals surface area contributed by atoms with E-state index in [1.54, 1.807) is 4.90 Å². The van der Waals surface area contributed by atoms with E-state index >= 15 is 0 Å². The first kappa shape index (κ1) is 11.5. The molecule has 0 saturated heterocycles. The van der Waals surface area contributed by atoms with Crippen molar-refractivity contribution in [3.63, 3.8) is 0 Å². The Labute approximate surface area is 108 Å². The number of carbonyl (C=O) groups excluding carboxylic acids is 1. The largest absolute Gasteiger partial charge is 0.313 e. The maximum Gasteiger partial charge on any atom is 0.248 e. The molecular formula is C15H18N2O. The average molecular weight is 242 g/mol. The van der Waals surface area contributed by atoms with Gasteiger partial charge in [-0.15, -0.1) is 0 Å². The lowest BCUT2D eigenvalue weighted by Crippen LogP contribution is -2.27. The van der Waals surface area contributed by atoms with Gasteiger partial charge in [0.15, 0.2) is 0 Å². The van der Waals surface area contributed by atoms with E-state index in [9.17, 15) is 4.79 Å². The Bertz CT molecular complexity index is 501. The van der Waals surface area contributed by atoms with Gasteiger partial charge in [-0.25, -0.2) is 0 Å². The molecule has 0 atom stereocenters. The molecule has 0 spiro atoms. The zero-order valence-electron chi connectivity index (χ0n) is 10.7. The lowest BCUT2D eigenvalue weighted by atomic mass is 9.94. The van der Waals surface area contributed by atoms with Crippen LogP contribution in [0.1, 0.15) is 31.2 Å². The van der Waals surface area contributed by atoms with E-state index in [2.05, 4.69) is 11.1 Å². The second-order valence-corrected chi connectivity index (χ2v) is 5.15. The summed E-state index contributed by atoms with van der Waals surface area (Å²) in [6.45, 7) is 0.289. The van der Waals surface area contributed by atoms with Crippen molar-refractivity contribution < 1.29 is 4.79 Å². The molecule has 18 heavy (non-hydrogen) atoms. The normalized spacial score (nSPS) is 20.6. The SMILES string of the molecule is CN1C(=O)CN=C(C2CCCC2)c2ccccc21. The van der Waals surface area contributed by atoms with Crippen molar-refractivity contribution in [3.05, 3.63) is 29.8 Å². The molecule has 94 valence electrons. The Hall–Kier alpha value is -1.64. The molecule has 3 nitrogen and oxygen atoms in total. The zero-order chi connectivity index (χ0) is 12.5. The molecule has 1 aliphatic carbocycles. The minimum absolute atomic E-state index is 0.0791. The van der Waals surface area contributed by atoms with Gasteiger partial charge in [0.25, 0.3) is 0 Å². The van der Waals surface area contributed by atoms with E-state index in [0.29, 0.717) is 5.92 Å². The fourth-order valence-electron chi connectivity index (χ4n) is 3.01. The monoisotopic (exact) mass is 242 g/mol. The fourth-order valence-corrected chi connectivity index (χ4v) is 3.01. The number of benzodiazepines with no additional fused rings is 1. The predicted octanol–water partition coefficient (Wildman–Crippen LogP) is 2.64. The van der Waals surface area contributed by atoms with Crippen LogP contribution in [0.5, 0.6) is 0 Å². The Kier molecular flexibility index (Phi) is 2.90. The van der Waals surface area contributed by atoms with Gasteiger partial charge in [-0.1, -0.05) is 31.0 Å². The molecule has 0 N–H and O–H groups in total. The lowest BCUT2D eigenvalue weighted by molar-refractivity contribution is -0.116. The number of para-hydroxylation sites is 1. The van der Waals surface area contributed by atoms with Crippen molar-refractivity contribution in [1.82, 2.24) is 0 Å². The van der Waals surface area contributed by atoms with Gasteiger partial charge in [0, 0.05) is 24.2 Å². The molecule has 1 amide bonds. The van der Waals surface area contributed by atoms with Gasteiger partial charge in [-0.2, -0.15) is 0 Å². The van der Waals surface area contributed by atoms with Gasteiger partial charge in [0.2, 0.25) is 5.91 Å². The number of benzene rings is 1. The topological polar surface area (TPSA) is 32.7 Å². The van der Waals surface area contributed by atoms with Crippen LogP contribution in [0, 0.1) is 5.92 Å².